The van der Waals surface area contributed by atoms with Crippen molar-refractivity contribution in [3.8, 4) is 11.1 Å². The molecule has 0 aromatic heterocycles. The molecule has 2 atom stereocenters. The van der Waals surface area contributed by atoms with Crippen molar-refractivity contribution in [2.75, 3.05) is 6.61 Å². The lowest BCUT2D eigenvalue weighted by Gasteiger charge is -2.27. The number of hydrogen-bond acceptors (Lipinski definition) is 2. The summed E-state index contributed by atoms with van der Waals surface area (Å²) in [5.74, 6) is -3.34. The van der Waals surface area contributed by atoms with Crippen LogP contribution in [0.4, 0.5) is 17.6 Å². The molecular formula is C30H28F4O2. The van der Waals surface area contributed by atoms with Crippen LogP contribution in [0.25, 0.3) is 17.2 Å². The summed E-state index contributed by atoms with van der Waals surface area (Å²) >= 11 is 0. The molecule has 2 aliphatic rings. The highest BCUT2D eigenvalue weighted by atomic mass is 19.2. The first-order valence-corrected chi connectivity index (χ1v) is 12.4. The van der Waals surface area contributed by atoms with Gasteiger partial charge in [0.15, 0.2) is 23.3 Å². The van der Waals surface area contributed by atoms with Crippen LogP contribution >= 0.6 is 0 Å². The molecule has 0 amide bonds. The van der Waals surface area contributed by atoms with Crippen LogP contribution in [-0.2, 0) is 4.74 Å². The maximum absolute atomic E-state index is 15.1. The fraction of sp³-hybridized carbons (Fsp3) is 0.333. The van der Waals surface area contributed by atoms with Crippen LogP contribution in [0.2, 0.25) is 0 Å². The van der Waals surface area contributed by atoms with Crippen molar-refractivity contribution in [1.82, 2.24) is 0 Å². The Bertz CT molecular complexity index is 1270. The average Bonchev–Trinajstić information content (AvgIpc) is 3.72. The molecular weight excluding hydrogens is 468 g/mol. The summed E-state index contributed by atoms with van der Waals surface area (Å²) in [7, 11) is 0. The molecule has 3 aromatic carbocycles. The van der Waals surface area contributed by atoms with E-state index < -0.39 is 29.4 Å². The smallest absolute Gasteiger partial charge is 0.166 e. The van der Waals surface area contributed by atoms with E-state index in [1.165, 1.54) is 0 Å². The lowest BCUT2D eigenvalue weighted by Crippen LogP contribution is -2.13. The standard InChI is InChI=1S/C30H28F4O2/c1-17(35)19-8-10-21(11-9-19)24-15-14-23(28(32)29(24)33)20-5-2-18(3-6-20)4-7-22-12-13-25(26-16-36-26)30(34)27(22)31/h4,7-15,17-18,20,26,35H,2-3,5-6,16H2,1H3/b7-4+. The van der Waals surface area contributed by atoms with Gasteiger partial charge in [0.25, 0.3) is 0 Å². The molecule has 1 N–H and O–H groups in total. The Morgan fingerprint density at radius 2 is 1.44 bits per heavy atom. The van der Waals surface area contributed by atoms with Gasteiger partial charge in [-0.25, -0.2) is 17.6 Å². The molecule has 1 heterocycles. The summed E-state index contributed by atoms with van der Waals surface area (Å²) in [5.41, 5.74) is 2.28. The van der Waals surface area contributed by atoms with Crippen molar-refractivity contribution in [2.45, 2.75) is 50.7 Å². The van der Waals surface area contributed by atoms with Gasteiger partial charge < -0.3 is 9.84 Å². The first-order valence-electron chi connectivity index (χ1n) is 12.4. The predicted molar refractivity (Wildman–Crippen MR) is 131 cm³/mol. The van der Waals surface area contributed by atoms with E-state index in [2.05, 4.69) is 0 Å². The van der Waals surface area contributed by atoms with Crippen LogP contribution in [-0.4, -0.2) is 11.7 Å². The molecule has 1 saturated heterocycles. The Hall–Kier alpha value is -2.96. The molecule has 2 nitrogen and oxygen atoms in total. The fourth-order valence-corrected chi connectivity index (χ4v) is 5.09. The van der Waals surface area contributed by atoms with Gasteiger partial charge in [-0.05, 0) is 61.1 Å². The number of aliphatic hydroxyl groups excluding tert-OH is 1. The van der Waals surface area contributed by atoms with E-state index in [0.717, 1.165) is 12.8 Å². The summed E-state index contributed by atoms with van der Waals surface area (Å²) in [6, 6.07) is 13.2. The van der Waals surface area contributed by atoms with Crippen molar-refractivity contribution in [1.29, 1.82) is 0 Å². The lowest BCUT2D eigenvalue weighted by molar-refractivity contribution is 0.199. The quantitative estimate of drug-likeness (QED) is 0.277. The first kappa shape index (κ1) is 24.7. The second kappa shape index (κ2) is 10.2. The van der Waals surface area contributed by atoms with Crippen LogP contribution < -0.4 is 0 Å². The van der Waals surface area contributed by atoms with Crippen LogP contribution in [0.1, 0.15) is 73.0 Å². The van der Waals surface area contributed by atoms with Gasteiger partial charge in [-0.3, -0.25) is 0 Å². The van der Waals surface area contributed by atoms with E-state index in [9.17, 15) is 18.3 Å². The van der Waals surface area contributed by atoms with Crippen LogP contribution in [0.15, 0.2) is 54.6 Å². The summed E-state index contributed by atoms with van der Waals surface area (Å²) in [4.78, 5) is 0. The van der Waals surface area contributed by atoms with Crippen LogP contribution in [0.3, 0.4) is 0 Å². The molecule has 2 unspecified atom stereocenters. The number of halogens is 4. The predicted octanol–water partition coefficient (Wildman–Crippen LogP) is 8.02. The fourth-order valence-electron chi connectivity index (χ4n) is 5.09. The molecule has 0 radical (unpaired) electrons. The summed E-state index contributed by atoms with van der Waals surface area (Å²) in [6.45, 7) is 2.06. The van der Waals surface area contributed by atoms with Gasteiger partial charge in [-0.1, -0.05) is 60.7 Å². The highest BCUT2D eigenvalue weighted by molar-refractivity contribution is 5.65. The SMILES string of the molecule is CC(O)c1ccc(-c2ccc(C3CCC(/C=C/c4ccc(C5CO5)c(F)c4F)CC3)c(F)c2F)cc1. The number of epoxide rings is 1. The molecule has 5 rings (SSSR count). The third-order valence-corrected chi connectivity index (χ3v) is 7.40. The molecule has 6 heteroatoms. The average molecular weight is 497 g/mol. The Morgan fingerprint density at radius 1 is 0.806 bits per heavy atom. The minimum atomic E-state index is -0.869. The highest BCUT2D eigenvalue weighted by Gasteiger charge is 2.30. The molecule has 1 aliphatic carbocycles. The molecule has 0 spiro atoms. The zero-order chi connectivity index (χ0) is 25.4. The van der Waals surface area contributed by atoms with Crippen molar-refractivity contribution in [3.05, 3.63) is 100 Å². The Morgan fingerprint density at radius 3 is 2.08 bits per heavy atom. The Labute approximate surface area is 208 Å². The maximum atomic E-state index is 15.1. The Kier molecular flexibility index (Phi) is 7.00. The van der Waals surface area contributed by atoms with E-state index in [1.54, 1.807) is 61.5 Å². The Balaban J connectivity index is 1.24. The maximum Gasteiger partial charge on any atom is 0.166 e. The molecule has 0 bridgehead atoms. The molecule has 1 aliphatic heterocycles. The molecule has 1 saturated carbocycles. The minimum Gasteiger partial charge on any atom is -0.389 e. The second-order valence-electron chi connectivity index (χ2n) is 9.79. The summed E-state index contributed by atoms with van der Waals surface area (Å²) in [5, 5.41) is 9.65. The molecule has 36 heavy (non-hydrogen) atoms. The first-order chi connectivity index (χ1) is 17.3. The normalized spacial score (nSPS) is 22.7. The third-order valence-electron chi connectivity index (χ3n) is 7.40. The largest absolute Gasteiger partial charge is 0.389 e. The van der Waals surface area contributed by atoms with Gasteiger partial charge in [0, 0.05) is 16.7 Å². The third kappa shape index (κ3) is 4.97. The van der Waals surface area contributed by atoms with E-state index in [0.29, 0.717) is 36.1 Å². The summed E-state index contributed by atoms with van der Waals surface area (Å²) in [6.07, 6.45) is 5.40. The highest BCUT2D eigenvalue weighted by Crippen LogP contribution is 2.40. The van der Waals surface area contributed by atoms with Crippen molar-refractivity contribution >= 4 is 6.08 Å². The monoisotopic (exact) mass is 496 g/mol. The van der Waals surface area contributed by atoms with Crippen LogP contribution in [0.5, 0.6) is 0 Å². The van der Waals surface area contributed by atoms with Crippen molar-refractivity contribution in [3.63, 3.8) is 0 Å². The van der Waals surface area contributed by atoms with Crippen molar-refractivity contribution in [2.24, 2.45) is 5.92 Å². The van der Waals surface area contributed by atoms with Gasteiger partial charge >= 0.3 is 0 Å². The number of aliphatic hydroxyl groups is 1. The minimum absolute atomic E-state index is 0.0946. The van der Waals surface area contributed by atoms with E-state index in [4.69, 9.17) is 4.74 Å². The van der Waals surface area contributed by atoms with E-state index in [-0.39, 0.29) is 34.6 Å². The van der Waals surface area contributed by atoms with Gasteiger partial charge in [0.2, 0.25) is 0 Å². The number of hydrogen-bond donors (Lipinski definition) is 1. The number of rotatable bonds is 6. The molecule has 188 valence electrons. The van der Waals surface area contributed by atoms with Gasteiger partial charge in [0.05, 0.1) is 12.7 Å². The van der Waals surface area contributed by atoms with Gasteiger partial charge in [0.1, 0.15) is 6.10 Å². The van der Waals surface area contributed by atoms with Gasteiger partial charge in [-0.15, -0.1) is 0 Å². The topological polar surface area (TPSA) is 32.8 Å². The lowest BCUT2D eigenvalue weighted by atomic mass is 9.78. The molecule has 2 fully saturated rings. The number of ether oxygens (including phenoxy) is 1. The second-order valence-corrected chi connectivity index (χ2v) is 9.79. The van der Waals surface area contributed by atoms with Crippen LogP contribution in [0, 0.1) is 29.2 Å². The summed E-state index contributed by atoms with van der Waals surface area (Å²) < 4.78 is 63.8. The van der Waals surface area contributed by atoms with Crippen molar-refractivity contribution < 1.29 is 27.4 Å². The van der Waals surface area contributed by atoms with E-state index in [1.807, 2.05) is 6.08 Å². The van der Waals surface area contributed by atoms with Gasteiger partial charge in [-0.2, -0.15) is 0 Å². The van der Waals surface area contributed by atoms with E-state index >= 15 is 4.39 Å². The zero-order valence-electron chi connectivity index (χ0n) is 20.0. The number of benzene rings is 3. The molecule has 3 aromatic rings. The zero-order valence-corrected chi connectivity index (χ0v) is 20.0. The number of allylic oxidation sites excluding steroid dienone is 1.